The number of imide groups is 1. The zero-order valence-electron chi connectivity index (χ0n) is 15.1. The number of amides is 2. The summed E-state index contributed by atoms with van der Waals surface area (Å²) >= 11 is 0. The number of aryl methyl sites for hydroxylation is 1. The lowest BCUT2D eigenvalue weighted by Crippen LogP contribution is -2.26. The maximum absolute atomic E-state index is 12.9. The summed E-state index contributed by atoms with van der Waals surface area (Å²) in [6.45, 7) is 3.99. The molecule has 0 saturated heterocycles. The van der Waals surface area contributed by atoms with E-state index in [-0.39, 0.29) is 23.8 Å². The molecule has 2 aromatic carbocycles. The van der Waals surface area contributed by atoms with E-state index in [9.17, 15) is 9.59 Å². The molecular weight excluding hydrogens is 338 g/mol. The van der Waals surface area contributed by atoms with Crippen LogP contribution in [0.5, 0.6) is 0 Å². The molecule has 0 fully saturated rings. The van der Waals surface area contributed by atoms with Gasteiger partial charge in [0.2, 0.25) is 0 Å². The average Bonchev–Trinajstić information content (AvgIpc) is 3.24. The molecule has 1 aromatic heterocycles. The lowest BCUT2D eigenvalue weighted by atomic mass is 9.84. The van der Waals surface area contributed by atoms with Crippen LogP contribution in [-0.2, 0) is 9.59 Å². The lowest BCUT2D eigenvalue weighted by molar-refractivity contribution is -0.123. The van der Waals surface area contributed by atoms with Crippen LogP contribution in [0.25, 0.3) is 16.5 Å². The fraction of sp³-hybridized carbons (Fsp3) is 0.182. The number of H-pyrrole nitrogens is 1. The molecule has 0 spiro atoms. The van der Waals surface area contributed by atoms with Crippen molar-refractivity contribution in [1.29, 1.82) is 0 Å². The standard InChI is InChI=1S/C22H19N3O2/c1-11-17(13-7-3-5-9-15(13)23-11)19-20(22(27)25-21(19)26)18-12(2)24-16-10-6-4-8-14(16)18/h3-11,17,23-24H,1-2H3,(H,25,26,27). The number of fused-ring (bicyclic) bond motifs is 2. The highest BCUT2D eigenvalue weighted by molar-refractivity contribution is 6.38. The van der Waals surface area contributed by atoms with Crippen molar-refractivity contribution in [2.24, 2.45) is 0 Å². The molecule has 0 saturated carbocycles. The molecular formula is C22H19N3O2. The number of aromatic amines is 1. The van der Waals surface area contributed by atoms with Crippen molar-refractivity contribution in [3.63, 3.8) is 0 Å². The van der Waals surface area contributed by atoms with Gasteiger partial charge in [-0.15, -0.1) is 0 Å². The van der Waals surface area contributed by atoms with Crippen molar-refractivity contribution >= 4 is 34.0 Å². The summed E-state index contributed by atoms with van der Waals surface area (Å²) in [4.78, 5) is 29.0. The molecule has 0 radical (unpaired) electrons. The highest BCUT2D eigenvalue weighted by Gasteiger charge is 2.43. The number of hydrogen-bond acceptors (Lipinski definition) is 3. The Balaban J connectivity index is 1.81. The number of aromatic nitrogens is 1. The number of rotatable bonds is 2. The second-order valence-electron chi connectivity index (χ2n) is 7.24. The van der Waals surface area contributed by atoms with Gasteiger partial charge in [-0.2, -0.15) is 0 Å². The fourth-order valence-corrected chi connectivity index (χ4v) is 4.52. The minimum Gasteiger partial charge on any atom is -0.381 e. The predicted octanol–water partition coefficient (Wildman–Crippen LogP) is 3.48. The molecule has 3 aromatic rings. The summed E-state index contributed by atoms with van der Waals surface area (Å²) in [5.41, 5.74) is 5.79. The van der Waals surface area contributed by atoms with Gasteiger partial charge in [0, 0.05) is 45.4 Å². The van der Waals surface area contributed by atoms with Gasteiger partial charge >= 0.3 is 0 Å². The zero-order chi connectivity index (χ0) is 18.7. The van der Waals surface area contributed by atoms with Crippen molar-refractivity contribution in [2.75, 3.05) is 5.32 Å². The number of carbonyl (C=O) groups excluding carboxylic acids is 2. The molecule has 2 amide bonds. The molecule has 3 heterocycles. The molecule has 0 bridgehead atoms. The molecule has 5 nitrogen and oxygen atoms in total. The van der Waals surface area contributed by atoms with E-state index in [1.165, 1.54) is 0 Å². The molecule has 2 unspecified atom stereocenters. The number of anilines is 1. The Hall–Kier alpha value is -3.34. The van der Waals surface area contributed by atoms with Crippen LogP contribution in [0.2, 0.25) is 0 Å². The van der Waals surface area contributed by atoms with Crippen LogP contribution in [0.15, 0.2) is 54.1 Å². The smallest absolute Gasteiger partial charge is 0.259 e. The second kappa shape index (κ2) is 5.58. The molecule has 2 aliphatic rings. The summed E-state index contributed by atoms with van der Waals surface area (Å²) < 4.78 is 0. The van der Waals surface area contributed by atoms with Crippen molar-refractivity contribution in [2.45, 2.75) is 25.8 Å². The number of nitrogens with one attached hydrogen (secondary N) is 3. The van der Waals surface area contributed by atoms with Crippen LogP contribution in [-0.4, -0.2) is 22.8 Å². The molecule has 5 heteroatoms. The average molecular weight is 357 g/mol. The van der Waals surface area contributed by atoms with Gasteiger partial charge < -0.3 is 10.3 Å². The van der Waals surface area contributed by atoms with Crippen LogP contribution in [0.4, 0.5) is 5.69 Å². The maximum atomic E-state index is 12.9. The van der Waals surface area contributed by atoms with Gasteiger partial charge in [-0.25, -0.2) is 0 Å². The molecule has 134 valence electrons. The van der Waals surface area contributed by atoms with Crippen LogP contribution in [0, 0.1) is 6.92 Å². The first kappa shape index (κ1) is 15.9. The third-order valence-electron chi connectivity index (χ3n) is 5.60. The normalized spacial score (nSPS) is 21.6. The molecule has 3 N–H and O–H groups in total. The Kier molecular flexibility index (Phi) is 3.28. The Labute approximate surface area is 156 Å². The third kappa shape index (κ3) is 2.18. The van der Waals surface area contributed by atoms with Gasteiger partial charge in [-0.3, -0.25) is 14.9 Å². The van der Waals surface area contributed by atoms with Gasteiger partial charge in [0.25, 0.3) is 11.8 Å². The van der Waals surface area contributed by atoms with Gasteiger partial charge in [-0.05, 0) is 31.5 Å². The van der Waals surface area contributed by atoms with E-state index in [0.717, 1.165) is 33.4 Å². The molecule has 27 heavy (non-hydrogen) atoms. The van der Waals surface area contributed by atoms with E-state index in [4.69, 9.17) is 0 Å². The first-order valence-corrected chi connectivity index (χ1v) is 9.09. The predicted molar refractivity (Wildman–Crippen MR) is 105 cm³/mol. The Morgan fingerprint density at radius 2 is 1.67 bits per heavy atom. The van der Waals surface area contributed by atoms with Gasteiger partial charge in [-0.1, -0.05) is 36.4 Å². The first-order chi connectivity index (χ1) is 13.1. The van der Waals surface area contributed by atoms with E-state index in [2.05, 4.69) is 15.6 Å². The first-order valence-electron chi connectivity index (χ1n) is 9.09. The Morgan fingerprint density at radius 3 is 2.52 bits per heavy atom. The van der Waals surface area contributed by atoms with Crippen LogP contribution < -0.4 is 10.6 Å². The summed E-state index contributed by atoms with van der Waals surface area (Å²) in [7, 11) is 0. The van der Waals surface area contributed by atoms with Crippen molar-refractivity contribution in [1.82, 2.24) is 10.3 Å². The van der Waals surface area contributed by atoms with Gasteiger partial charge in [0.1, 0.15) is 0 Å². The van der Waals surface area contributed by atoms with Crippen molar-refractivity contribution < 1.29 is 9.59 Å². The topological polar surface area (TPSA) is 74.0 Å². The number of hydrogen-bond donors (Lipinski definition) is 3. The van der Waals surface area contributed by atoms with Gasteiger partial charge in [0.05, 0.1) is 5.57 Å². The Morgan fingerprint density at radius 1 is 0.926 bits per heavy atom. The van der Waals surface area contributed by atoms with E-state index in [1.54, 1.807) is 0 Å². The van der Waals surface area contributed by atoms with E-state index >= 15 is 0 Å². The minimum absolute atomic E-state index is 0.0227. The summed E-state index contributed by atoms with van der Waals surface area (Å²) in [5.74, 6) is -0.787. The van der Waals surface area contributed by atoms with Crippen LogP contribution in [0.1, 0.15) is 29.7 Å². The van der Waals surface area contributed by atoms with E-state index in [0.29, 0.717) is 11.1 Å². The number of benzene rings is 2. The molecule has 2 atom stereocenters. The summed E-state index contributed by atoms with van der Waals surface area (Å²) in [5, 5.41) is 6.93. The SMILES string of the molecule is Cc1[nH]c2ccccc2c1C1=C(C2c3ccccc3NC2C)C(=O)NC1=O. The maximum Gasteiger partial charge on any atom is 0.259 e. The van der Waals surface area contributed by atoms with E-state index in [1.807, 2.05) is 62.4 Å². The van der Waals surface area contributed by atoms with Crippen LogP contribution >= 0.6 is 0 Å². The number of para-hydroxylation sites is 2. The van der Waals surface area contributed by atoms with Crippen molar-refractivity contribution in [3.8, 4) is 0 Å². The summed E-state index contributed by atoms with van der Waals surface area (Å²) in [6, 6.07) is 15.9. The molecule has 2 aliphatic heterocycles. The zero-order valence-corrected chi connectivity index (χ0v) is 15.1. The second-order valence-corrected chi connectivity index (χ2v) is 7.24. The fourth-order valence-electron chi connectivity index (χ4n) is 4.52. The Bertz CT molecular complexity index is 1160. The van der Waals surface area contributed by atoms with Gasteiger partial charge in [0.15, 0.2) is 0 Å². The highest BCUT2D eigenvalue weighted by Crippen LogP contribution is 2.45. The highest BCUT2D eigenvalue weighted by atomic mass is 16.2. The van der Waals surface area contributed by atoms with Crippen molar-refractivity contribution in [3.05, 3.63) is 70.9 Å². The van der Waals surface area contributed by atoms with Crippen LogP contribution in [0.3, 0.4) is 0 Å². The molecule has 5 rings (SSSR count). The quantitative estimate of drug-likeness (QED) is 0.615. The van der Waals surface area contributed by atoms with E-state index < -0.39 is 0 Å². The number of carbonyl (C=O) groups is 2. The third-order valence-corrected chi connectivity index (χ3v) is 5.60. The lowest BCUT2D eigenvalue weighted by Gasteiger charge is -2.18. The monoisotopic (exact) mass is 357 g/mol. The largest absolute Gasteiger partial charge is 0.381 e. The summed E-state index contributed by atoms with van der Waals surface area (Å²) in [6.07, 6.45) is 0. The molecule has 0 aliphatic carbocycles. The minimum atomic E-state index is -0.320.